The third kappa shape index (κ3) is 8.78. The van der Waals surface area contributed by atoms with Crippen molar-refractivity contribution in [1.29, 1.82) is 0 Å². The minimum atomic E-state index is -3.26. The molecule has 0 aromatic carbocycles. The lowest BCUT2D eigenvalue weighted by atomic mass is 10.3. The van der Waals surface area contributed by atoms with E-state index in [9.17, 15) is 8.42 Å². The average Bonchev–Trinajstić information content (AvgIpc) is 3.20. The summed E-state index contributed by atoms with van der Waals surface area (Å²) in [6, 6.07) is 0. The van der Waals surface area contributed by atoms with E-state index in [0.717, 1.165) is 25.5 Å². The highest BCUT2D eigenvalue weighted by Crippen LogP contribution is 2.10. The van der Waals surface area contributed by atoms with Gasteiger partial charge >= 0.3 is 0 Å². The van der Waals surface area contributed by atoms with Gasteiger partial charge in [-0.25, -0.2) is 8.42 Å². The van der Waals surface area contributed by atoms with Gasteiger partial charge in [0.1, 0.15) is 0 Å². The molecule has 1 N–H and O–H groups in total. The fourth-order valence-electron chi connectivity index (χ4n) is 3.76. The minimum absolute atomic E-state index is 0.0519. The molecule has 2 fully saturated rings. The molecule has 0 bridgehead atoms. The van der Waals surface area contributed by atoms with Crippen molar-refractivity contribution in [3.05, 3.63) is 0 Å². The zero-order valence-corrected chi connectivity index (χ0v) is 19.4. The van der Waals surface area contributed by atoms with Crippen LogP contribution in [0.3, 0.4) is 0 Å². The van der Waals surface area contributed by atoms with E-state index < -0.39 is 10.0 Å². The maximum absolute atomic E-state index is 12.5. The fraction of sp³-hybridized carbons (Fsp3) is 0.950. The number of guanidine groups is 1. The van der Waals surface area contributed by atoms with E-state index in [1.165, 1.54) is 38.9 Å². The van der Waals surface area contributed by atoms with Crippen LogP contribution in [0.1, 0.15) is 46.5 Å². The molecule has 2 aliphatic rings. The monoisotopic (exact) mass is 431 g/mol. The second-order valence-corrected chi connectivity index (χ2v) is 10.2. The van der Waals surface area contributed by atoms with E-state index in [1.54, 1.807) is 4.31 Å². The number of rotatable bonds is 11. The average molecular weight is 432 g/mol. The molecule has 0 aliphatic carbocycles. The normalized spacial score (nSPS) is 20.0. The number of hydrogen-bond acceptors (Lipinski definition) is 5. The molecule has 2 heterocycles. The van der Waals surface area contributed by atoms with Crippen molar-refractivity contribution in [3.8, 4) is 0 Å². The van der Waals surface area contributed by atoms with Gasteiger partial charge in [0, 0.05) is 39.3 Å². The van der Waals surface area contributed by atoms with Crippen molar-refractivity contribution in [3.63, 3.8) is 0 Å². The highest BCUT2D eigenvalue weighted by atomic mass is 32.2. The van der Waals surface area contributed by atoms with Gasteiger partial charge in [0.25, 0.3) is 0 Å². The molecule has 8 nitrogen and oxygen atoms in total. The maximum Gasteiger partial charge on any atom is 0.216 e. The Balaban J connectivity index is 1.74. The number of sulfonamides is 1. The molecule has 29 heavy (non-hydrogen) atoms. The lowest BCUT2D eigenvalue weighted by molar-refractivity contribution is 0.0904. The lowest BCUT2D eigenvalue weighted by Gasteiger charge is -2.36. The summed E-state index contributed by atoms with van der Waals surface area (Å²) < 4.78 is 32.0. The van der Waals surface area contributed by atoms with E-state index in [4.69, 9.17) is 9.73 Å². The number of likely N-dealkylation sites (tertiary alicyclic amines) is 1. The lowest BCUT2D eigenvalue weighted by Crippen LogP contribution is -2.54. The van der Waals surface area contributed by atoms with E-state index in [1.807, 2.05) is 13.8 Å². The zero-order chi connectivity index (χ0) is 21.1. The highest BCUT2D eigenvalue weighted by Gasteiger charge is 2.28. The summed E-state index contributed by atoms with van der Waals surface area (Å²) in [7, 11) is -3.26. The summed E-state index contributed by atoms with van der Waals surface area (Å²) in [5.74, 6) is 0.963. The van der Waals surface area contributed by atoms with Crippen molar-refractivity contribution < 1.29 is 13.2 Å². The molecule has 0 radical (unpaired) electrons. The molecule has 0 spiro atoms. The van der Waals surface area contributed by atoms with Crippen LogP contribution in [0.2, 0.25) is 0 Å². The summed E-state index contributed by atoms with van der Waals surface area (Å²) in [6.07, 6.45) is 5.02. The van der Waals surface area contributed by atoms with Crippen molar-refractivity contribution in [2.24, 2.45) is 4.99 Å². The molecule has 2 aliphatic heterocycles. The van der Waals surface area contributed by atoms with Gasteiger partial charge < -0.3 is 19.9 Å². The van der Waals surface area contributed by atoms with E-state index in [0.29, 0.717) is 26.2 Å². The second-order valence-electron chi connectivity index (χ2n) is 8.11. The van der Waals surface area contributed by atoms with Crippen molar-refractivity contribution in [2.75, 3.05) is 71.3 Å². The number of nitrogens with zero attached hydrogens (tertiary/aromatic N) is 4. The summed E-state index contributed by atoms with van der Waals surface area (Å²) in [5, 5.41) is 3.36. The first-order chi connectivity index (χ1) is 13.9. The molecule has 9 heteroatoms. The Kier molecular flexibility index (Phi) is 10.7. The summed E-state index contributed by atoms with van der Waals surface area (Å²) in [5.41, 5.74) is 0. The number of unbranched alkanes of at least 4 members (excludes halogenated alkanes) is 1. The van der Waals surface area contributed by atoms with Crippen LogP contribution in [0.5, 0.6) is 0 Å². The molecule has 0 amide bonds. The van der Waals surface area contributed by atoms with Gasteiger partial charge in [-0.05, 0) is 66.1 Å². The molecule has 0 aromatic rings. The van der Waals surface area contributed by atoms with Crippen LogP contribution in [0, 0.1) is 0 Å². The van der Waals surface area contributed by atoms with Crippen molar-refractivity contribution >= 4 is 16.0 Å². The quantitative estimate of drug-likeness (QED) is 0.301. The number of nitrogens with one attached hydrogen (secondary N) is 1. The van der Waals surface area contributed by atoms with Gasteiger partial charge in [-0.2, -0.15) is 4.31 Å². The van der Waals surface area contributed by atoms with Crippen molar-refractivity contribution in [2.45, 2.75) is 52.6 Å². The largest absolute Gasteiger partial charge is 0.378 e. The predicted molar refractivity (Wildman–Crippen MR) is 119 cm³/mol. The Morgan fingerprint density at radius 3 is 2.38 bits per heavy atom. The topological polar surface area (TPSA) is 77.5 Å². The standard InChI is InChI=1S/C20H41N5O3S/c1-4-21-20(22-9-5-6-10-23-11-7-8-12-23)24-13-15-25(16-14-24)29(26,27)18-17-28-19(2)3/h19H,4-18H2,1-3H3,(H,21,22). The number of ether oxygens (including phenoxy) is 1. The predicted octanol–water partition coefficient (Wildman–Crippen LogP) is 1.20. The van der Waals surface area contributed by atoms with Crippen LogP contribution in [-0.2, 0) is 14.8 Å². The molecule has 0 saturated carbocycles. The highest BCUT2D eigenvalue weighted by molar-refractivity contribution is 7.89. The zero-order valence-electron chi connectivity index (χ0n) is 18.6. The third-order valence-corrected chi connectivity index (χ3v) is 7.24. The molecular formula is C20H41N5O3S. The molecule has 0 aromatic heterocycles. The first-order valence-corrected chi connectivity index (χ1v) is 12.9. The van der Waals surface area contributed by atoms with Gasteiger partial charge in [0.15, 0.2) is 5.96 Å². The van der Waals surface area contributed by atoms with Crippen LogP contribution >= 0.6 is 0 Å². The Bertz CT molecular complexity index is 583. The van der Waals surface area contributed by atoms with Crippen LogP contribution in [0.25, 0.3) is 0 Å². The van der Waals surface area contributed by atoms with Crippen LogP contribution in [0.4, 0.5) is 0 Å². The molecular weight excluding hydrogens is 390 g/mol. The summed E-state index contributed by atoms with van der Waals surface area (Å²) in [4.78, 5) is 9.51. The van der Waals surface area contributed by atoms with Gasteiger partial charge in [-0.3, -0.25) is 4.99 Å². The Hall–Kier alpha value is -0.900. The molecule has 0 unspecified atom stereocenters. The van der Waals surface area contributed by atoms with E-state index in [-0.39, 0.29) is 18.5 Å². The van der Waals surface area contributed by atoms with E-state index in [2.05, 4.69) is 22.0 Å². The van der Waals surface area contributed by atoms with Crippen LogP contribution in [-0.4, -0.2) is 106 Å². The van der Waals surface area contributed by atoms with Gasteiger partial charge in [0.2, 0.25) is 10.0 Å². The van der Waals surface area contributed by atoms with Crippen LogP contribution in [0.15, 0.2) is 4.99 Å². The van der Waals surface area contributed by atoms with Gasteiger partial charge in [-0.15, -0.1) is 0 Å². The number of aliphatic imine (C=N–C) groups is 1. The minimum Gasteiger partial charge on any atom is -0.378 e. The number of piperazine rings is 1. The van der Waals surface area contributed by atoms with Gasteiger partial charge in [-0.1, -0.05) is 0 Å². The fourth-order valence-corrected chi connectivity index (χ4v) is 5.05. The Labute approximate surface area is 177 Å². The SMILES string of the molecule is CCNC(=NCCCCN1CCCC1)N1CCN(S(=O)(=O)CCOC(C)C)CC1. The summed E-state index contributed by atoms with van der Waals surface area (Å²) in [6.45, 7) is 13.8. The molecule has 170 valence electrons. The molecule has 0 atom stereocenters. The Morgan fingerprint density at radius 1 is 1.07 bits per heavy atom. The van der Waals surface area contributed by atoms with E-state index >= 15 is 0 Å². The third-order valence-electron chi connectivity index (χ3n) is 5.40. The number of hydrogen-bond donors (Lipinski definition) is 1. The second kappa shape index (κ2) is 12.7. The van der Waals surface area contributed by atoms with Gasteiger partial charge in [0.05, 0.1) is 18.5 Å². The first-order valence-electron chi connectivity index (χ1n) is 11.3. The molecule has 2 saturated heterocycles. The smallest absolute Gasteiger partial charge is 0.216 e. The maximum atomic E-state index is 12.5. The molecule has 2 rings (SSSR count). The van der Waals surface area contributed by atoms with Crippen molar-refractivity contribution in [1.82, 2.24) is 19.4 Å². The van der Waals surface area contributed by atoms with Crippen LogP contribution < -0.4 is 5.32 Å². The summed E-state index contributed by atoms with van der Waals surface area (Å²) >= 11 is 0. The first kappa shape index (κ1) is 24.4. The Morgan fingerprint density at radius 2 is 1.76 bits per heavy atom.